The molecule has 0 bridgehead atoms. The number of amides is 1. The van der Waals surface area contributed by atoms with Gasteiger partial charge in [0.1, 0.15) is 5.82 Å². The van der Waals surface area contributed by atoms with Gasteiger partial charge >= 0.3 is 0 Å². The molecule has 142 valence electrons. The fraction of sp³-hybridized carbons (Fsp3) is 0.550. The first kappa shape index (κ1) is 20.1. The first-order valence-electron chi connectivity index (χ1n) is 9.33. The number of benzene rings is 1. The van der Waals surface area contributed by atoms with Crippen LogP contribution in [0.4, 0.5) is 0 Å². The number of carbonyl (C=O) groups is 1. The number of para-hydroxylation sites is 1. The fourth-order valence-electron chi connectivity index (χ4n) is 3.16. The lowest BCUT2D eigenvalue weighted by Crippen LogP contribution is -2.39. The zero-order valence-electron chi connectivity index (χ0n) is 16.2. The molecule has 1 amide bonds. The topological polar surface area (TPSA) is 64.4 Å². The predicted molar refractivity (Wildman–Crippen MR) is 103 cm³/mol. The Kier molecular flexibility index (Phi) is 7.33. The molecule has 0 aliphatic rings. The average molecular weight is 359 g/mol. The van der Waals surface area contributed by atoms with Gasteiger partial charge in [-0.2, -0.15) is 0 Å². The van der Waals surface area contributed by atoms with E-state index in [0.717, 1.165) is 12.8 Å². The van der Waals surface area contributed by atoms with E-state index in [1.165, 1.54) is 0 Å². The molecule has 0 aliphatic carbocycles. The number of ether oxygens (including phenoxy) is 1. The molecule has 1 unspecified atom stereocenters. The Hall–Kier alpha value is -2.21. The number of nitrogens with zero attached hydrogens (tertiary/aromatic N) is 3. The summed E-state index contributed by atoms with van der Waals surface area (Å²) in [4.78, 5) is 32.1. The van der Waals surface area contributed by atoms with Crippen LogP contribution in [0.1, 0.15) is 51.9 Å². The largest absolute Gasteiger partial charge is 0.383 e. The van der Waals surface area contributed by atoms with E-state index >= 15 is 0 Å². The Morgan fingerprint density at radius 2 is 2.00 bits per heavy atom. The van der Waals surface area contributed by atoms with Crippen molar-refractivity contribution >= 4 is 16.8 Å². The Bertz CT molecular complexity index is 800. The van der Waals surface area contributed by atoms with Gasteiger partial charge in [-0.1, -0.05) is 26.0 Å². The van der Waals surface area contributed by atoms with Gasteiger partial charge in [-0.05, 0) is 31.9 Å². The first-order chi connectivity index (χ1) is 12.5. The molecule has 0 radical (unpaired) electrons. The Labute approximate surface area is 154 Å². The van der Waals surface area contributed by atoms with Crippen LogP contribution in [0, 0.1) is 0 Å². The third kappa shape index (κ3) is 4.30. The molecule has 0 saturated carbocycles. The Morgan fingerprint density at radius 3 is 2.65 bits per heavy atom. The Balaban J connectivity index is 2.54. The molecule has 1 aromatic heterocycles. The van der Waals surface area contributed by atoms with Gasteiger partial charge in [-0.15, -0.1) is 0 Å². The van der Waals surface area contributed by atoms with E-state index in [1.807, 2.05) is 39.0 Å². The molecule has 1 atom stereocenters. The van der Waals surface area contributed by atoms with Crippen molar-refractivity contribution in [3.63, 3.8) is 0 Å². The summed E-state index contributed by atoms with van der Waals surface area (Å²) in [6, 6.07) is 7.07. The number of rotatable bonds is 9. The molecular formula is C20H29N3O3. The van der Waals surface area contributed by atoms with Gasteiger partial charge < -0.3 is 9.64 Å². The normalized spacial score (nSPS) is 12.3. The van der Waals surface area contributed by atoms with E-state index < -0.39 is 0 Å². The van der Waals surface area contributed by atoms with Crippen LogP contribution in [0.25, 0.3) is 10.9 Å². The molecule has 1 aromatic carbocycles. The third-order valence-corrected chi connectivity index (χ3v) is 4.50. The predicted octanol–water partition coefficient (Wildman–Crippen LogP) is 3.14. The van der Waals surface area contributed by atoms with Crippen LogP contribution in [0.2, 0.25) is 0 Å². The second-order valence-corrected chi connectivity index (χ2v) is 6.45. The second-order valence-electron chi connectivity index (χ2n) is 6.45. The summed E-state index contributed by atoms with van der Waals surface area (Å²) in [5.41, 5.74) is 0.621. The van der Waals surface area contributed by atoms with Crippen molar-refractivity contribution in [2.45, 2.75) is 52.6 Å². The highest BCUT2D eigenvalue weighted by molar-refractivity contribution is 5.78. The number of hydrogen-bond acceptors (Lipinski definition) is 4. The lowest BCUT2D eigenvalue weighted by molar-refractivity contribution is -0.134. The molecular weight excluding hydrogens is 330 g/mol. The van der Waals surface area contributed by atoms with Crippen LogP contribution >= 0.6 is 0 Å². The van der Waals surface area contributed by atoms with Crippen LogP contribution in [0.15, 0.2) is 29.1 Å². The summed E-state index contributed by atoms with van der Waals surface area (Å²) in [6.07, 6.45) is 2.07. The van der Waals surface area contributed by atoms with E-state index in [0.29, 0.717) is 42.8 Å². The maximum atomic E-state index is 13.0. The molecule has 6 nitrogen and oxygen atoms in total. The van der Waals surface area contributed by atoms with E-state index in [9.17, 15) is 9.59 Å². The molecule has 26 heavy (non-hydrogen) atoms. The number of aromatic nitrogens is 2. The van der Waals surface area contributed by atoms with Crippen molar-refractivity contribution in [2.75, 3.05) is 20.3 Å². The lowest BCUT2D eigenvalue weighted by atomic mass is 10.1. The molecule has 0 spiro atoms. The number of fused-ring (bicyclic) bond motifs is 1. The minimum Gasteiger partial charge on any atom is -0.383 e. The van der Waals surface area contributed by atoms with Crippen LogP contribution in [0.3, 0.4) is 0 Å². The van der Waals surface area contributed by atoms with Crippen LogP contribution in [-0.2, 0) is 16.1 Å². The monoisotopic (exact) mass is 359 g/mol. The van der Waals surface area contributed by atoms with Gasteiger partial charge in [0.05, 0.1) is 23.6 Å². The summed E-state index contributed by atoms with van der Waals surface area (Å²) in [6.45, 7) is 7.46. The zero-order chi connectivity index (χ0) is 19.1. The number of carbonyl (C=O) groups excluding carboxylic acids is 1. The van der Waals surface area contributed by atoms with Gasteiger partial charge in [0, 0.05) is 26.6 Å². The number of hydrogen-bond donors (Lipinski definition) is 0. The van der Waals surface area contributed by atoms with Gasteiger partial charge in [-0.3, -0.25) is 14.2 Å². The van der Waals surface area contributed by atoms with Gasteiger partial charge in [0.15, 0.2) is 0 Å². The van der Waals surface area contributed by atoms with E-state index in [4.69, 9.17) is 9.72 Å². The molecule has 0 aliphatic heterocycles. The van der Waals surface area contributed by atoms with Crippen molar-refractivity contribution in [3.05, 3.63) is 40.4 Å². The van der Waals surface area contributed by atoms with Crippen molar-refractivity contribution in [2.24, 2.45) is 0 Å². The Morgan fingerprint density at radius 1 is 1.27 bits per heavy atom. The highest BCUT2D eigenvalue weighted by Crippen LogP contribution is 2.21. The molecule has 6 heteroatoms. The lowest BCUT2D eigenvalue weighted by Gasteiger charge is -2.30. The van der Waals surface area contributed by atoms with Gasteiger partial charge in [-0.25, -0.2) is 4.98 Å². The van der Waals surface area contributed by atoms with Crippen molar-refractivity contribution in [1.29, 1.82) is 0 Å². The summed E-state index contributed by atoms with van der Waals surface area (Å²) < 4.78 is 6.89. The van der Waals surface area contributed by atoms with Crippen molar-refractivity contribution in [1.82, 2.24) is 14.5 Å². The summed E-state index contributed by atoms with van der Waals surface area (Å²) in [5.74, 6) is 0.693. The van der Waals surface area contributed by atoms with E-state index in [1.54, 1.807) is 22.6 Å². The van der Waals surface area contributed by atoms with Crippen molar-refractivity contribution < 1.29 is 9.53 Å². The van der Waals surface area contributed by atoms with E-state index in [2.05, 4.69) is 0 Å². The molecule has 1 heterocycles. The fourth-order valence-corrected chi connectivity index (χ4v) is 3.16. The van der Waals surface area contributed by atoms with Gasteiger partial charge in [0.2, 0.25) is 5.91 Å². The van der Waals surface area contributed by atoms with E-state index in [-0.39, 0.29) is 17.5 Å². The van der Waals surface area contributed by atoms with Crippen LogP contribution in [-0.4, -0.2) is 40.6 Å². The quantitative estimate of drug-likeness (QED) is 0.690. The van der Waals surface area contributed by atoms with Crippen molar-refractivity contribution in [3.8, 4) is 0 Å². The third-order valence-electron chi connectivity index (χ3n) is 4.50. The molecule has 2 rings (SSSR count). The molecule has 2 aromatic rings. The SMILES string of the molecule is CCCC(=O)N(CCOC)C(C)c1nc2ccccc2c(=O)n1CCC. The zero-order valence-corrected chi connectivity index (χ0v) is 16.2. The van der Waals surface area contributed by atoms with Crippen LogP contribution < -0.4 is 5.56 Å². The van der Waals surface area contributed by atoms with Crippen LogP contribution in [0.5, 0.6) is 0 Å². The average Bonchev–Trinajstić information content (AvgIpc) is 2.64. The standard InChI is InChI=1S/C20H29N3O3/c1-5-9-18(24)22(13-14-26-4)15(3)19-21-17-11-8-7-10-16(17)20(25)23(19)12-6-2/h7-8,10-11,15H,5-6,9,12-14H2,1-4H3. The maximum absolute atomic E-state index is 13.0. The summed E-state index contributed by atoms with van der Waals surface area (Å²) in [5, 5.41) is 0.611. The number of methoxy groups -OCH3 is 1. The minimum atomic E-state index is -0.298. The molecule has 0 saturated heterocycles. The summed E-state index contributed by atoms with van der Waals surface area (Å²) in [7, 11) is 1.62. The van der Waals surface area contributed by atoms with Gasteiger partial charge in [0.25, 0.3) is 5.56 Å². The smallest absolute Gasteiger partial charge is 0.261 e. The maximum Gasteiger partial charge on any atom is 0.261 e. The second kappa shape index (κ2) is 9.48. The molecule has 0 N–H and O–H groups in total. The minimum absolute atomic E-state index is 0.0473. The molecule has 0 fully saturated rings. The highest BCUT2D eigenvalue weighted by Gasteiger charge is 2.25. The first-order valence-corrected chi connectivity index (χ1v) is 9.33. The summed E-state index contributed by atoms with van der Waals surface area (Å²) >= 11 is 0. The highest BCUT2D eigenvalue weighted by atomic mass is 16.5.